The number of aryl methyl sites for hydroxylation is 1. The number of benzene rings is 1. The molecule has 0 aliphatic carbocycles. The SMILES string of the molecule is Cc1ccc(S(=O)(=O)NC(C)C2CCOC2)c(Br)c1. The predicted octanol–water partition coefficient (Wildman–Crippen LogP) is 2.46. The Morgan fingerprint density at radius 1 is 1.47 bits per heavy atom. The highest BCUT2D eigenvalue weighted by molar-refractivity contribution is 9.10. The van der Waals surface area contributed by atoms with Gasteiger partial charge in [-0.3, -0.25) is 0 Å². The maximum Gasteiger partial charge on any atom is 0.241 e. The van der Waals surface area contributed by atoms with Crippen LogP contribution in [0.15, 0.2) is 27.6 Å². The molecule has 1 fully saturated rings. The lowest BCUT2D eigenvalue weighted by atomic mass is 10.0. The number of sulfonamides is 1. The van der Waals surface area contributed by atoms with Gasteiger partial charge < -0.3 is 4.74 Å². The largest absolute Gasteiger partial charge is 0.381 e. The Morgan fingerprint density at radius 3 is 2.79 bits per heavy atom. The highest BCUT2D eigenvalue weighted by Gasteiger charge is 2.27. The molecule has 19 heavy (non-hydrogen) atoms. The van der Waals surface area contributed by atoms with Crippen LogP contribution in [0.2, 0.25) is 0 Å². The van der Waals surface area contributed by atoms with Gasteiger partial charge >= 0.3 is 0 Å². The van der Waals surface area contributed by atoms with E-state index in [1.54, 1.807) is 18.2 Å². The minimum absolute atomic E-state index is 0.124. The number of ether oxygens (including phenoxy) is 1. The van der Waals surface area contributed by atoms with Crippen LogP contribution in [0.3, 0.4) is 0 Å². The molecule has 0 saturated carbocycles. The zero-order valence-corrected chi connectivity index (χ0v) is 13.4. The third-order valence-electron chi connectivity index (χ3n) is 3.39. The molecule has 1 aliphatic rings. The maximum absolute atomic E-state index is 12.3. The molecule has 1 N–H and O–H groups in total. The van der Waals surface area contributed by atoms with Crippen molar-refractivity contribution in [1.82, 2.24) is 4.72 Å². The minimum atomic E-state index is -3.50. The first-order valence-electron chi connectivity index (χ1n) is 6.26. The van der Waals surface area contributed by atoms with Gasteiger partial charge in [0.1, 0.15) is 0 Å². The molecule has 0 radical (unpaired) electrons. The molecule has 1 saturated heterocycles. The minimum Gasteiger partial charge on any atom is -0.381 e. The van der Waals surface area contributed by atoms with Crippen molar-refractivity contribution >= 4 is 26.0 Å². The first-order chi connectivity index (χ1) is 8.90. The molecule has 0 bridgehead atoms. The van der Waals surface area contributed by atoms with E-state index in [0.717, 1.165) is 12.0 Å². The molecule has 6 heteroatoms. The number of rotatable bonds is 4. The van der Waals surface area contributed by atoms with Crippen molar-refractivity contribution in [3.05, 3.63) is 28.2 Å². The Bertz CT molecular complexity index is 553. The normalized spacial score (nSPS) is 21.5. The topological polar surface area (TPSA) is 55.4 Å². The first-order valence-corrected chi connectivity index (χ1v) is 8.54. The van der Waals surface area contributed by atoms with Crippen molar-refractivity contribution in [3.8, 4) is 0 Å². The average molecular weight is 348 g/mol. The Balaban J connectivity index is 2.17. The molecule has 2 rings (SSSR count). The third-order valence-corrected chi connectivity index (χ3v) is 5.93. The lowest BCUT2D eigenvalue weighted by Crippen LogP contribution is -2.38. The van der Waals surface area contributed by atoms with Gasteiger partial charge in [0.15, 0.2) is 0 Å². The Kier molecular flexibility index (Phi) is 4.66. The fraction of sp³-hybridized carbons (Fsp3) is 0.538. The van der Waals surface area contributed by atoms with Crippen molar-refractivity contribution in [2.24, 2.45) is 5.92 Å². The molecule has 1 aromatic rings. The number of hydrogen-bond acceptors (Lipinski definition) is 3. The van der Waals surface area contributed by atoms with Crippen LogP contribution in [-0.2, 0) is 14.8 Å². The fourth-order valence-electron chi connectivity index (χ4n) is 2.18. The highest BCUT2D eigenvalue weighted by Crippen LogP contribution is 2.24. The van der Waals surface area contributed by atoms with E-state index in [9.17, 15) is 8.42 Å². The van der Waals surface area contributed by atoms with E-state index in [1.165, 1.54) is 0 Å². The second-order valence-electron chi connectivity index (χ2n) is 4.97. The Hall–Kier alpha value is -0.430. The van der Waals surface area contributed by atoms with Gasteiger partial charge in [0.05, 0.1) is 11.5 Å². The summed E-state index contributed by atoms with van der Waals surface area (Å²) in [5, 5.41) is 0. The summed E-state index contributed by atoms with van der Waals surface area (Å²) >= 11 is 3.31. The van der Waals surface area contributed by atoms with E-state index in [0.29, 0.717) is 17.7 Å². The van der Waals surface area contributed by atoms with E-state index >= 15 is 0 Å². The molecule has 1 aliphatic heterocycles. The smallest absolute Gasteiger partial charge is 0.241 e. The standard InChI is InChI=1S/C13H18BrNO3S/c1-9-3-4-13(12(14)7-9)19(16,17)15-10(2)11-5-6-18-8-11/h3-4,7,10-11,15H,5-6,8H2,1-2H3. The van der Waals surface area contributed by atoms with Crippen molar-refractivity contribution in [2.75, 3.05) is 13.2 Å². The monoisotopic (exact) mass is 347 g/mol. The molecule has 0 spiro atoms. The summed E-state index contributed by atoms with van der Waals surface area (Å²) < 4.78 is 33.3. The molecule has 0 aromatic heterocycles. The van der Waals surface area contributed by atoms with Gasteiger partial charge in [0, 0.05) is 23.0 Å². The van der Waals surface area contributed by atoms with Crippen molar-refractivity contribution in [1.29, 1.82) is 0 Å². The van der Waals surface area contributed by atoms with E-state index in [-0.39, 0.29) is 16.9 Å². The summed E-state index contributed by atoms with van der Waals surface area (Å²) in [4.78, 5) is 0.281. The van der Waals surface area contributed by atoms with Crippen molar-refractivity contribution < 1.29 is 13.2 Å². The van der Waals surface area contributed by atoms with Gasteiger partial charge in [0.2, 0.25) is 10.0 Å². The second-order valence-corrected chi connectivity index (χ2v) is 7.50. The first kappa shape index (κ1) is 15.0. The summed E-state index contributed by atoms with van der Waals surface area (Å²) in [6.45, 7) is 5.15. The number of halogens is 1. The summed E-state index contributed by atoms with van der Waals surface area (Å²) in [7, 11) is -3.50. The van der Waals surface area contributed by atoms with Crippen LogP contribution in [0.1, 0.15) is 18.9 Å². The van der Waals surface area contributed by atoms with Gasteiger partial charge in [-0.1, -0.05) is 6.07 Å². The molecule has 4 nitrogen and oxygen atoms in total. The van der Waals surface area contributed by atoms with Crippen LogP contribution in [0.4, 0.5) is 0 Å². The maximum atomic E-state index is 12.3. The van der Waals surface area contributed by atoms with Crippen molar-refractivity contribution in [3.63, 3.8) is 0 Å². The third kappa shape index (κ3) is 3.56. The molecule has 2 unspecified atom stereocenters. The van der Waals surface area contributed by atoms with Crippen LogP contribution in [0.25, 0.3) is 0 Å². The van der Waals surface area contributed by atoms with Crippen LogP contribution < -0.4 is 4.72 Å². The summed E-state index contributed by atoms with van der Waals surface area (Å²) in [6.07, 6.45) is 0.902. The fourth-order valence-corrected chi connectivity index (χ4v) is 4.68. The number of nitrogens with one attached hydrogen (secondary N) is 1. The summed E-state index contributed by atoms with van der Waals surface area (Å²) in [5.41, 5.74) is 1.02. The van der Waals surface area contributed by atoms with Gasteiger partial charge in [-0.2, -0.15) is 0 Å². The Labute approximate surface area is 122 Å². The van der Waals surface area contributed by atoms with Gasteiger partial charge in [-0.15, -0.1) is 0 Å². The molecular formula is C13H18BrNO3S. The zero-order chi connectivity index (χ0) is 14.0. The van der Waals surface area contributed by atoms with Gasteiger partial charge in [-0.05, 0) is 53.9 Å². The summed E-state index contributed by atoms with van der Waals surface area (Å²) in [6, 6.07) is 5.10. The van der Waals surface area contributed by atoms with Crippen LogP contribution >= 0.6 is 15.9 Å². The van der Waals surface area contributed by atoms with Gasteiger partial charge in [-0.25, -0.2) is 13.1 Å². The molecule has 1 heterocycles. The van der Waals surface area contributed by atoms with Crippen LogP contribution in [0, 0.1) is 12.8 Å². The quantitative estimate of drug-likeness (QED) is 0.910. The lowest BCUT2D eigenvalue weighted by Gasteiger charge is -2.19. The predicted molar refractivity (Wildman–Crippen MR) is 77.6 cm³/mol. The summed E-state index contributed by atoms with van der Waals surface area (Å²) in [5.74, 6) is 0.249. The molecular weight excluding hydrogens is 330 g/mol. The van der Waals surface area contributed by atoms with E-state index in [4.69, 9.17) is 4.74 Å². The molecule has 0 amide bonds. The lowest BCUT2D eigenvalue weighted by molar-refractivity contribution is 0.180. The second kappa shape index (κ2) is 5.91. The van der Waals surface area contributed by atoms with E-state index in [1.807, 2.05) is 13.8 Å². The molecule has 106 valence electrons. The highest BCUT2D eigenvalue weighted by atomic mass is 79.9. The van der Waals surface area contributed by atoms with E-state index < -0.39 is 10.0 Å². The molecule has 1 aromatic carbocycles. The average Bonchev–Trinajstić information content (AvgIpc) is 2.80. The zero-order valence-electron chi connectivity index (χ0n) is 11.0. The van der Waals surface area contributed by atoms with Crippen molar-refractivity contribution in [2.45, 2.75) is 31.2 Å². The van der Waals surface area contributed by atoms with E-state index in [2.05, 4.69) is 20.7 Å². The Morgan fingerprint density at radius 2 is 2.21 bits per heavy atom. The number of hydrogen-bond donors (Lipinski definition) is 1. The molecule has 2 atom stereocenters. The van der Waals surface area contributed by atoms with Gasteiger partial charge in [0.25, 0.3) is 0 Å². The van der Waals surface area contributed by atoms with Crippen LogP contribution in [-0.4, -0.2) is 27.7 Å². The van der Waals surface area contributed by atoms with Crippen LogP contribution in [0.5, 0.6) is 0 Å².